The van der Waals surface area contributed by atoms with E-state index in [0.29, 0.717) is 0 Å². The van der Waals surface area contributed by atoms with Gasteiger partial charge < -0.3 is 10.6 Å². The average Bonchev–Trinajstić information content (AvgIpc) is 2.47. The van der Waals surface area contributed by atoms with Crippen molar-refractivity contribution in [1.82, 2.24) is 0 Å². The maximum absolute atomic E-state index is 11.6. The number of benzene rings is 2. The number of hydrogen-bond acceptors (Lipinski definition) is 3. The lowest BCUT2D eigenvalue weighted by molar-refractivity contribution is -0.142. The molecule has 0 saturated heterocycles. The van der Waals surface area contributed by atoms with Crippen LogP contribution >= 0.6 is 0 Å². The van der Waals surface area contributed by atoms with Crippen LogP contribution in [0.4, 0.5) is 0 Å². The van der Waals surface area contributed by atoms with Gasteiger partial charge in [-0.05, 0) is 5.56 Å². The van der Waals surface area contributed by atoms with E-state index in [1.807, 2.05) is 48.5 Å². The summed E-state index contributed by atoms with van der Waals surface area (Å²) in [6.07, 6.45) is 0.173. The molecule has 0 aromatic heterocycles. The molecule has 4 nitrogen and oxygen atoms in total. The largest absolute Gasteiger partial charge is 0.380 e. The Hall–Kier alpha value is -2.62. The molecular formula is C15H14N2O2. The molecule has 0 aliphatic heterocycles. The first-order chi connectivity index (χ1) is 9.25. The van der Waals surface area contributed by atoms with E-state index in [9.17, 15) is 4.79 Å². The normalized spacial score (nSPS) is 11.1. The summed E-state index contributed by atoms with van der Waals surface area (Å²) in [5.74, 6) is -0.257. The van der Waals surface area contributed by atoms with Gasteiger partial charge in [0.05, 0.1) is 6.42 Å². The van der Waals surface area contributed by atoms with Crippen molar-refractivity contribution in [3.8, 4) is 0 Å². The lowest BCUT2D eigenvalue weighted by Gasteiger charge is -2.01. The first kappa shape index (κ1) is 12.8. The van der Waals surface area contributed by atoms with Crippen molar-refractivity contribution in [2.45, 2.75) is 6.42 Å². The second-order valence-electron chi connectivity index (χ2n) is 3.97. The molecule has 0 aliphatic rings. The number of hydrogen-bond donors (Lipinski definition) is 1. The van der Waals surface area contributed by atoms with Gasteiger partial charge in [-0.1, -0.05) is 65.8 Å². The molecule has 0 amide bonds. The zero-order valence-electron chi connectivity index (χ0n) is 10.3. The summed E-state index contributed by atoms with van der Waals surface area (Å²) in [6, 6.07) is 18.5. The number of oxime groups is 1. The first-order valence-electron chi connectivity index (χ1n) is 5.88. The maximum Gasteiger partial charge on any atom is 0.339 e. The fourth-order valence-electron chi connectivity index (χ4n) is 1.56. The molecule has 0 radical (unpaired) electrons. The third-order valence-electron chi connectivity index (χ3n) is 2.51. The van der Waals surface area contributed by atoms with Crippen molar-refractivity contribution in [3.05, 3.63) is 71.8 Å². The Kier molecular flexibility index (Phi) is 4.29. The molecular weight excluding hydrogens is 240 g/mol. The van der Waals surface area contributed by atoms with E-state index < -0.39 is 5.97 Å². The summed E-state index contributed by atoms with van der Waals surface area (Å²) in [5.41, 5.74) is 7.30. The van der Waals surface area contributed by atoms with E-state index in [4.69, 9.17) is 10.6 Å². The second-order valence-corrected chi connectivity index (χ2v) is 3.97. The van der Waals surface area contributed by atoms with E-state index in [1.54, 1.807) is 12.1 Å². The highest BCUT2D eigenvalue weighted by Crippen LogP contribution is 2.02. The molecule has 96 valence electrons. The number of amidine groups is 1. The second kappa shape index (κ2) is 6.35. The molecule has 2 aromatic carbocycles. The Bertz CT molecular complexity index is 565. The number of carbonyl (C=O) groups excluding carboxylic acids is 1. The highest BCUT2D eigenvalue weighted by Gasteiger charge is 2.05. The topological polar surface area (TPSA) is 64.7 Å². The highest BCUT2D eigenvalue weighted by atomic mass is 16.7. The molecule has 2 aromatic rings. The summed E-state index contributed by atoms with van der Waals surface area (Å²) < 4.78 is 0. The smallest absolute Gasteiger partial charge is 0.339 e. The lowest BCUT2D eigenvalue weighted by atomic mass is 10.2. The van der Waals surface area contributed by atoms with Crippen molar-refractivity contribution in [3.63, 3.8) is 0 Å². The number of nitrogens with zero attached hydrogens (tertiary/aromatic N) is 1. The maximum atomic E-state index is 11.6. The van der Waals surface area contributed by atoms with Crippen LogP contribution in [-0.2, 0) is 16.1 Å². The summed E-state index contributed by atoms with van der Waals surface area (Å²) in [4.78, 5) is 16.3. The predicted octanol–water partition coefficient (Wildman–Crippen LogP) is 2.09. The Morgan fingerprint density at radius 2 is 1.58 bits per heavy atom. The summed E-state index contributed by atoms with van der Waals surface area (Å²) in [5, 5.41) is 3.64. The molecule has 0 unspecified atom stereocenters. The van der Waals surface area contributed by atoms with Crippen LogP contribution in [0, 0.1) is 0 Å². The summed E-state index contributed by atoms with van der Waals surface area (Å²) in [6.45, 7) is 0. The molecule has 0 fully saturated rings. The van der Waals surface area contributed by atoms with Gasteiger partial charge in [0.1, 0.15) is 0 Å². The van der Waals surface area contributed by atoms with E-state index >= 15 is 0 Å². The molecule has 4 heteroatoms. The minimum atomic E-state index is -0.440. The molecule has 19 heavy (non-hydrogen) atoms. The van der Waals surface area contributed by atoms with Crippen LogP contribution in [0.2, 0.25) is 0 Å². The van der Waals surface area contributed by atoms with Gasteiger partial charge in [0, 0.05) is 5.56 Å². The van der Waals surface area contributed by atoms with Crippen LogP contribution in [0.3, 0.4) is 0 Å². The van der Waals surface area contributed by atoms with Crippen molar-refractivity contribution < 1.29 is 9.63 Å². The zero-order valence-corrected chi connectivity index (χ0v) is 10.3. The molecule has 0 bridgehead atoms. The Labute approximate surface area is 111 Å². The van der Waals surface area contributed by atoms with Gasteiger partial charge in [0.25, 0.3) is 0 Å². The monoisotopic (exact) mass is 254 g/mol. The minimum absolute atomic E-state index is 0.173. The molecule has 0 spiro atoms. The van der Waals surface area contributed by atoms with Crippen LogP contribution in [0.25, 0.3) is 0 Å². The van der Waals surface area contributed by atoms with Gasteiger partial charge >= 0.3 is 5.97 Å². The predicted molar refractivity (Wildman–Crippen MR) is 73.4 cm³/mol. The fraction of sp³-hybridized carbons (Fsp3) is 0.0667. The number of rotatable bonds is 4. The molecule has 2 rings (SSSR count). The van der Waals surface area contributed by atoms with Crippen LogP contribution in [-0.4, -0.2) is 11.8 Å². The van der Waals surface area contributed by atoms with Crippen LogP contribution in [0.1, 0.15) is 11.1 Å². The molecule has 0 atom stereocenters. The number of nitrogens with two attached hydrogens (primary N) is 1. The van der Waals surface area contributed by atoms with Gasteiger partial charge in [-0.2, -0.15) is 0 Å². The summed E-state index contributed by atoms with van der Waals surface area (Å²) in [7, 11) is 0. The van der Waals surface area contributed by atoms with Gasteiger partial charge in [0.15, 0.2) is 5.84 Å². The molecule has 0 heterocycles. The van der Waals surface area contributed by atoms with E-state index in [-0.39, 0.29) is 12.3 Å². The van der Waals surface area contributed by atoms with Gasteiger partial charge in [0.2, 0.25) is 0 Å². The summed E-state index contributed by atoms with van der Waals surface area (Å²) >= 11 is 0. The van der Waals surface area contributed by atoms with Gasteiger partial charge in [-0.15, -0.1) is 0 Å². The Balaban J connectivity index is 1.93. The fourth-order valence-corrected chi connectivity index (χ4v) is 1.56. The molecule has 0 aliphatic carbocycles. The zero-order chi connectivity index (χ0) is 13.5. The third kappa shape index (κ3) is 3.96. The van der Waals surface area contributed by atoms with Crippen molar-refractivity contribution in [2.75, 3.05) is 0 Å². The molecule has 2 N–H and O–H groups in total. The SMILES string of the molecule is NC(=NOC(=O)Cc1ccccc1)c1ccccc1. The van der Waals surface area contributed by atoms with E-state index in [1.165, 1.54) is 0 Å². The molecule has 0 saturated carbocycles. The average molecular weight is 254 g/mol. The first-order valence-corrected chi connectivity index (χ1v) is 5.88. The van der Waals surface area contributed by atoms with Crippen molar-refractivity contribution >= 4 is 11.8 Å². The lowest BCUT2D eigenvalue weighted by Crippen LogP contribution is -2.15. The number of carbonyl (C=O) groups is 1. The highest BCUT2D eigenvalue weighted by molar-refractivity contribution is 5.97. The van der Waals surface area contributed by atoms with Crippen LogP contribution in [0.15, 0.2) is 65.8 Å². The third-order valence-corrected chi connectivity index (χ3v) is 2.51. The van der Waals surface area contributed by atoms with E-state index in [0.717, 1.165) is 11.1 Å². The van der Waals surface area contributed by atoms with Gasteiger partial charge in [-0.25, -0.2) is 4.79 Å². The van der Waals surface area contributed by atoms with Crippen molar-refractivity contribution in [1.29, 1.82) is 0 Å². The Morgan fingerprint density at radius 1 is 1.00 bits per heavy atom. The minimum Gasteiger partial charge on any atom is -0.380 e. The van der Waals surface area contributed by atoms with E-state index in [2.05, 4.69) is 5.16 Å². The van der Waals surface area contributed by atoms with Crippen LogP contribution < -0.4 is 5.73 Å². The van der Waals surface area contributed by atoms with Crippen LogP contribution in [0.5, 0.6) is 0 Å². The standard InChI is InChI=1S/C15H14N2O2/c16-15(13-9-5-2-6-10-13)17-19-14(18)11-12-7-3-1-4-8-12/h1-10H,11H2,(H2,16,17). The van der Waals surface area contributed by atoms with Gasteiger partial charge in [-0.3, -0.25) is 0 Å². The van der Waals surface area contributed by atoms with Crippen molar-refractivity contribution in [2.24, 2.45) is 10.9 Å². The Morgan fingerprint density at radius 3 is 2.21 bits per heavy atom. The quantitative estimate of drug-likeness (QED) is 0.393.